The van der Waals surface area contributed by atoms with Gasteiger partial charge in [-0.1, -0.05) is 39.0 Å². The molecule has 166 valence electrons. The first-order valence-electron chi connectivity index (χ1n) is 11.1. The summed E-state index contributed by atoms with van der Waals surface area (Å²) in [5.41, 5.74) is 2.20. The van der Waals surface area contributed by atoms with Crippen molar-refractivity contribution in [2.45, 2.75) is 75.4 Å². The van der Waals surface area contributed by atoms with Crippen LogP contribution in [0.5, 0.6) is 11.5 Å². The molecule has 3 aliphatic rings. The molecule has 5 nitrogen and oxygen atoms in total. The highest BCUT2D eigenvalue weighted by Gasteiger charge is 2.61. The van der Waals surface area contributed by atoms with E-state index in [1.165, 1.54) is 11.1 Å². The second kappa shape index (κ2) is 7.36. The first kappa shape index (κ1) is 21.9. The van der Waals surface area contributed by atoms with Crippen LogP contribution in [0.15, 0.2) is 29.8 Å². The molecule has 0 bridgehead atoms. The van der Waals surface area contributed by atoms with Crippen LogP contribution in [0.1, 0.15) is 39.2 Å². The summed E-state index contributed by atoms with van der Waals surface area (Å²) < 4.78 is 19.3. The number of hydrogen-bond donors (Lipinski definition) is 1. The zero-order valence-electron chi connectivity index (χ0n) is 19.5. The Kier molecular flexibility index (Phi) is 5.37. The molecule has 4 atom stereocenters. The van der Waals surface area contributed by atoms with Crippen molar-refractivity contribution in [2.75, 3.05) is 27.3 Å². The lowest BCUT2D eigenvalue weighted by atomic mass is 9.60. The van der Waals surface area contributed by atoms with E-state index in [0.29, 0.717) is 0 Å². The molecular weight excluding hydrogens is 394 g/mol. The third kappa shape index (κ3) is 3.07. The van der Waals surface area contributed by atoms with Gasteiger partial charge in [0.05, 0.1) is 31.3 Å². The molecule has 1 aliphatic carbocycles. The van der Waals surface area contributed by atoms with E-state index in [2.05, 4.69) is 64.0 Å². The zero-order valence-corrected chi connectivity index (χ0v) is 20.5. The normalized spacial score (nSPS) is 31.3. The van der Waals surface area contributed by atoms with Gasteiger partial charge in [-0.2, -0.15) is 0 Å². The molecule has 1 fully saturated rings. The van der Waals surface area contributed by atoms with Crippen LogP contribution >= 0.6 is 0 Å². The third-order valence-corrected chi connectivity index (χ3v) is 12.5. The Morgan fingerprint density at radius 3 is 2.67 bits per heavy atom. The van der Waals surface area contributed by atoms with E-state index in [9.17, 15) is 5.11 Å². The Morgan fingerprint density at radius 2 is 2.03 bits per heavy atom. The molecule has 0 amide bonds. The molecule has 1 spiro atoms. The van der Waals surface area contributed by atoms with Crippen LogP contribution in [-0.2, 0) is 9.84 Å². The maximum Gasteiger partial charge on any atom is 0.192 e. The Hall–Kier alpha value is -1.34. The molecule has 0 saturated carbocycles. The van der Waals surface area contributed by atoms with Crippen molar-refractivity contribution in [3.63, 3.8) is 0 Å². The number of piperidine rings is 1. The van der Waals surface area contributed by atoms with Crippen LogP contribution in [0, 0.1) is 0 Å². The van der Waals surface area contributed by atoms with Crippen molar-refractivity contribution in [3.8, 4) is 11.5 Å². The number of para-hydroxylation sites is 1. The standard InChI is InChI=1S/C24H37NO4Si/c1-23(2,3)30(6,7)29-20-12-11-16-18(15-26)25(4)14-13-24(16)17-9-8-10-19(27-5)21(17)28-22(20)24/h8-11,18,20,22,26H,12-15H2,1-7H3/t18-,20-,22+,24+/m1/s1. The minimum atomic E-state index is -1.98. The monoisotopic (exact) mass is 431 g/mol. The van der Waals surface area contributed by atoms with Gasteiger partial charge in [0.25, 0.3) is 0 Å². The largest absolute Gasteiger partial charge is 0.493 e. The highest BCUT2D eigenvalue weighted by molar-refractivity contribution is 6.74. The smallest absolute Gasteiger partial charge is 0.192 e. The van der Waals surface area contributed by atoms with Crippen molar-refractivity contribution in [1.82, 2.24) is 4.90 Å². The SMILES string of the molecule is COc1cccc2c1O[C@H]1[C@H](O[Si](C)(C)C(C)(C)C)CC=C3[C@@H](CO)N(C)CC[C@]321. The molecule has 2 heterocycles. The lowest BCUT2D eigenvalue weighted by molar-refractivity contribution is -0.00835. The van der Waals surface area contributed by atoms with Gasteiger partial charge in [-0.25, -0.2) is 0 Å². The van der Waals surface area contributed by atoms with Gasteiger partial charge in [0.2, 0.25) is 0 Å². The topological polar surface area (TPSA) is 51.2 Å². The van der Waals surface area contributed by atoms with Gasteiger partial charge >= 0.3 is 0 Å². The van der Waals surface area contributed by atoms with Gasteiger partial charge in [0.15, 0.2) is 19.8 Å². The minimum absolute atomic E-state index is 0.00510. The van der Waals surface area contributed by atoms with E-state index in [1.54, 1.807) is 7.11 Å². The van der Waals surface area contributed by atoms with Crippen molar-refractivity contribution >= 4 is 8.32 Å². The summed E-state index contributed by atoms with van der Waals surface area (Å²) >= 11 is 0. The predicted molar refractivity (Wildman–Crippen MR) is 122 cm³/mol. The van der Waals surface area contributed by atoms with Gasteiger partial charge in [0.1, 0.15) is 6.10 Å². The van der Waals surface area contributed by atoms with Gasteiger partial charge in [-0.05, 0) is 56.2 Å². The second-order valence-electron chi connectivity index (χ2n) is 10.6. The average Bonchev–Trinajstić information content (AvgIpc) is 3.03. The predicted octanol–water partition coefficient (Wildman–Crippen LogP) is 4.11. The van der Waals surface area contributed by atoms with E-state index in [0.717, 1.165) is 30.9 Å². The van der Waals surface area contributed by atoms with Crippen LogP contribution in [0.25, 0.3) is 0 Å². The number of benzene rings is 1. The first-order valence-corrected chi connectivity index (χ1v) is 14.0. The number of nitrogens with zero attached hydrogens (tertiary/aromatic N) is 1. The molecule has 0 radical (unpaired) electrons. The number of methoxy groups -OCH3 is 1. The molecule has 1 aromatic rings. The summed E-state index contributed by atoms with van der Waals surface area (Å²) in [6.07, 6.45) is 4.00. The molecule has 1 N–H and O–H groups in total. The molecular formula is C24H37NO4Si. The van der Waals surface area contributed by atoms with Gasteiger partial charge in [0, 0.05) is 5.56 Å². The summed E-state index contributed by atoms with van der Waals surface area (Å²) in [5, 5.41) is 10.4. The maximum atomic E-state index is 10.3. The fourth-order valence-corrected chi connectivity index (χ4v) is 6.63. The Morgan fingerprint density at radius 1 is 1.30 bits per heavy atom. The second-order valence-corrected chi connectivity index (χ2v) is 15.3. The Bertz CT molecular complexity index is 846. The molecule has 6 heteroatoms. The van der Waals surface area contributed by atoms with Crippen LogP contribution in [0.3, 0.4) is 0 Å². The number of aliphatic hydroxyl groups excluding tert-OH is 1. The van der Waals surface area contributed by atoms with E-state index >= 15 is 0 Å². The number of aliphatic hydroxyl groups is 1. The highest BCUT2D eigenvalue weighted by atomic mass is 28.4. The van der Waals surface area contributed by atoms with Crippen molar-refractivity contribution in [3.05, 3.63) is 35.4 Å². The zero-order chi connectivity index (χ0) is 21.9. The number of fused-ring (bicyclic) bond motifs is 1. The van der Waals surface area contributed by atoms with Crippen molar-refractivity contribution in [1.29, 1.82) is 0 Å². The summed E-state index contributed by atoms with van der Waals surface area (Å²) in [6.45, 7) is 12.5. The van der Waals surface area contributed by atoms with Crippen molar-refractivity contribution < 1.29 is 19.0 Å². The van der Waals surface area contributed by atoms with Gasteiger partial charge in [-0.3, -0.25) is 4.90 Å². The van der Waals surface area contributed by atoms with E-state index in [4.69, 9.17) is 13.9 Å². The van der Waals surface area contributed by atoms with Crippen LogP contribution in [-0.4, -0.2) is 63.9 Å². The molecule has 1 aromatic carbocycles. The van der Waals surface area contributed by atoms with E-state index < -0.39 is 8.32 Å². The number of likely N-dealkylation sites (N-methyl/N-ethyl adjacent to an activating group) is 1. The van der Waals surface area contributed by atoms with Gasteiger partial charge < -0.3 is 19.0 Å². The molecule has 1 saturated heterocycles. The maximum absolute atomic E-state index is 10.3. The summed E-state index contributed by atoms with van der Waals surface area (Å²) in [6, 6.07) is 6.22. The molecule has 4 rings (SSSR count). The van der Waals surface area contributed by atoms with Gasteiger partial charge in [-0.15, -0.1) is 0 Å². The molecule has 0 unspecified atom stereocenters. The summed E-state index contributed by atoms with van der Waals surface area (Å²) in [7, 11) is 1.82. The van der Waals surface area contributed by atoms with Crippen LogP contribution in [0.2, 0.25) is 18.1 Å². The quantitative estimate of drug-likeness (QED) is 0.574. The minimum Gasteiger partial charge on any atom is -0.493 e. The molecule has 2 aliphatic heterocycles. The summed E-state index contributed by atoms with van der Waals surface area (Å²) in [5.74, 6) is 1.63. The lowest BCUT2D eigenvalue weighted by Crippen LogP contribution is -2.61. The van der Waals surface area contributed by atoms with Crippen molar-refractivity contribution in [2.24, 2.45) is 0 Å². The fraction of sp³-hybridized carbons (Fsp3) is 0.667. The first-order chi connectivity index (χ1) is 14.1. The average molecular weight is 432 g/mol. The van der Waals surface area contributed by atoms with E-state index in [1.807, 2.05) is 6.07 Å². The van der Waals surface area contributed by atoms with Crippen LogP contribution in [0.4, 0.5) is 0 Å². The third-order valence-electron chi connectivity index (χ3n) is 8.01. The summed E-state index contributed by atoms with van der Waals surface area (Å²) in [4.78, 5) is 2.27. The van der Waals surface area contributed by atoms with Crippen LogP contribution < -0.4 is 9.47 Å². The van der Waals surface area contributed by atoms with E-state index in [-0.39, 0.29) is 35.3 Å². The lowest BCUT2D eigenvalue weighted by Gasteiger charge is -2.52. The Labute approximate surface area is 182 Å². The molecule has 30 heavy (non-hydrogen) atoms. The number of hydrogen-bond acceptors (Lipinski definition) is 5. The Balaban J connectivity index is 1.84. The number of ether oxygens (including phenoxy) is 2. The number of rotatable bonds is 4. The fourth-order valence-electron chi connectivity index (χ4n) is 5.30. The molecule has 0 aromatic heterocycles. The highest BCUT2D eigenvalue weighted by Crippen LogP contribution is 2.59. The number of likely N-dealkylation sites (tertiary alicyclic amines) is 1.